The largest absolute Gasteiger partial charge is 0.493 e. The highest BCUT2D eigenvalue weighted by Crippen LogP contribution is 2.31. The van der Waals surface area contributed by atoms with Crippen molar-refractivity contribution in [1.29, 1.82) is 0 Å². The second-order valence-electron chi connectivity index (χ2n) is 5.13. The molecule has 0 aliphatic heterocycles. The van der Waals surface area contributed by atoms with E-state index in [9.17, 15) is 4.79 Å². The van der Waals surface area contributed by atoms with E-state index >= 15 is 0 Å². The van der Waals surface area contributed by atoms with Gasteiger partial charge in [-0.25, -0.2) is 0 Å². The van der Waals surface area contributed by atoms with Gasteiger partial charge in [-0.2, -0.15) is 0 Å². The lowest BCUT2D eigenvalue weighted by Gasteiger charge is -2.16. The highest BCUT2D eigenvalue weighted by Gasteiger charge is 2.18. The maximum atomic E-state index is 12.3. The number of carbonyl (C=O) groups excluding carboxylic acids is 1. The molecule has 24 heavy (non-hydrogen) atoms. The topological polar surface area (TPSA) is 38.8 Å². The average molecular weight is 344 g/mol. The second-order valence-corrected chi connectivity index (χ2v) is 5.57. The van der Waals surface area contributed by atoms with Crippen molar-refractivity contribution < 1.29 is 14.3 Å². The van der Waals surface area contributed by atoms with Crippen molar-refractivity contribution in [2.75, 3.05) is 27.8 Å². The maximum Gasteiger partial charge on any atom is 0.257 e. The Kier molecular flexibility index (Phi) is 6.11. The van der Waals surface area contributed by atoms with Crippen molar-refractivity contribution in [2.24, 2.45) is 0 Å². The zero-order chi connectivity index (χ0) is 17.5. The Hall–Kier alpha value is -2.64. The van der Waals surface area contributed by atoms with Gasteiger partial charge >= 0.3 is 0 Å². The SMILES string of the molecule is COc1cccc(C(=O)N(C)C)c1OCC#Cc1ccc(Cl)cc1. The number of amides is 1. The molecule has 124 valence electrons. The molecule has 2 aromatic carbocycles. The van der Waals surface area contributed by atoms with Crippen LogP contribution in [-0.2, 0) is 0 Å². The summed E-state index contributed by atoms with van der Waals surface area (Å²) < 4.78 is 11.0. The normalized spacial score (nSPS) is 9.67. The molecule has 0 aromatic heterocycles. The van der Waals surface area contributed by atoms with E-state index in [0.717, 1.165) is 5.56 Å². The summed E-state index contributed by atoms with van der Waals surface area (Å²) in [5.41, 5.74) is 1.28. The number of rotatable bonds is 4. The summed E-state index contributed by atoms with van der Waals surface area (Å²) in [4.78, 5) is 13.7. The molecule has 0 radical (unpaired) electrons. The first kappa shape index (κ1) is 17.7. The predicted octanol–water partition coefficient (Wildman–Crippen LogP) is 3.48. The third-order valence-corrected chi connectivity index (χ3v) is 3.45. The van der Waals surface area contributed by atoms with Gasteiger partial charge in [0.2, 0.25) is 0 Å². The van der Waals surface area contributed by atoms with E-state index in [0.29, 0.717) is 22.1 Å². The molecule has 2 rings (SSSR count). The quantitative estimate of drug-likeness (QED) is 0.798. The smallest absolute Gasteiger partial charge is 0.257 e. The first-order valence-electron chi connectivity index (χ1n) is 7.29. The molecule has 0 heterocycles. The van der Waals surface area contributed by atoms with Crippen molar-refractivity contribution >= 4 is 17.5 Å². The zero-order valence-electron chi connectivity index (χ0n) is 13.8. The summed E-state index contributed by atoms with van der Waals surface area (Å²) in [6.07, 6.45) is 0. The van der Waals surface area contributed by atoms with Crippen LogP contribution in [0.3, 0.4) is 0 Å². The van der Waals surface area contributed by atoms with Crippen LogP contribution in [0.5, 0.6) is 11.5 Å². The van der Waals surface area contributed by atoms with Crippen LogP contribution < -0.4 is 9.47 Å². The summed E-state index contributed by atoms with van der Waals surface area (Å²) in [6, 6.07) is 12.4. The Morgan fingerprint density at radius 1 is 1.17 bits per heavy atom. The number of para-hydroxylation sites is 1. The Labute approximate surface area is 146 Å². The lowest BCUT2D eigenvalue weighted by atomic mass is 10.1. The minimum atomic E-state index is -0.158. The van der Waals surface area contributed by atoms with E-state index in [1.165, 1.54) is 12.0 Å². The molecule has 0 aliphatic rings. The van der Waals surface area contributed by atoms with Crippen molar-refractivity contribution in [3.8, 4) is 23.3 Å². The first-order chi connectivity index (χ1) is 11.5. The number of benzene rings is 2. The first-order valence-corrected chi connectivity index (χ1v) is 7.66. The number of halogens is 1. The number of methoxy groups -OCH3 is 1. The van der Waals surface area contributed by atoms with Crippen molar-refractivity contribution in [1.82, 2.24) is 4.90 Å². The fourth-order valence-electron chi connectivity index (χ4n) is 2.01. The molecule has 5 heteroatoms. The van der Waals surface area contributed by atoms with Gasteiger partial charge in [0.1, 0.15) is 6.61 Å². The number of carbonyl (C=O) groups is 1. The molecule has 2 aromatic rings. The van der Waals surface area contributed by atoms with Gasteiger partial charge in [-0.05, 0) is 36.4 Å². The Balaban J connectivity index is 2.17. The van der Waals surface area contributed by atoms with Gasteiger partial charge in [-0.3, -0.25) is 4.79 Å². The monoisotopic (exact) mass is 343 g/mol. The number of nitrogens with zero attached hydrogens (tertiary/aromatic N) is 1. The molecule has 0 saturated heterocycles. The molecule has 0 N–H and O–H groups in total. The lowest BCUT2D eigenvalue weighted by Crippen LogP contribution is -2.22. The predicted molar refractivity (Wildman–Crippen MR) is 94.8 cm³/mol. The van der Waals surface area contributed by atoms with Crippen LogP contribution in [0.1, 0.15) is 15.9 Å². The minimum absolute atomic E-state index is 0.136. The molecule has 0 atom stereocenters. The summed E-state index contributed by atoms with van der Waals surface area (Å²) in [5, 5.41) is 0.665. The third kappa shape index (κ3) is 4.43. The van der Waals surface area contributed by atoms with Crippen molar-refractivity contribution in [3.05, 3.63) is 58.6 Å². The van der Waals surface area contributed by atoms with E-state index in [2.05, 4.69) is 11.8 Å². The van der Waals surface area contributed by atoms with Gasteiger partial charge in [0.15, 0.2) is 11.5 Å². The van der Waals surface area contributed by atoms with Crippen LogP contribution >= 0.6 is 11.6 Å². The van der Waals surface area contributed by atoms with Gasteiger partial charge in [0.25, 0.3) is 5.91 Å². The van der Waals surface area contributed by atoms with E-state index in [1.807, 2.05) is 12.1 Å². The number of hydrogen-bond acceptors (Lipinski definition) is 3. The molecular formula is C19H18ClNO3. The molecule has 0 aliphatic carbocycles. The maximum absolute atomic E-state index is 12.3. The lowest BCUT2D eigenvalue weighted by molar-refractivity contribution is 0.0823. The number of hydrogen-bond donors (Lipinski definition) is 0. The van der Waals surface area contributed by atoms with Gasteiger partial charge in [-0.1, -0.05) is 29.5 Å². The van der Waals surface area contributed by atoms with Crippen LogP contribution in [-0.4, -0.2) is 38.6 Å². The van der Waals surface area contributed by atoms with Crippen molar-refractivity contribution in [2.45, 2.75) is 0 Å². The summed E-state index contributed by atoms with van der Waals surface area (Å²) in [6.45, 7) is 0.136. The van der Waals surface area contributed by atoms with E-state index < -0.39 is 0 Å². The Morgan fingerprint density at radius 2 is 1.88 bits per heavy atom. The van der Waals surface area contributed by atoms with Crippen LogP contribution in [0, 0.1) is 11.8 Å². The third-order valence-electron chi connectivity index (χ3n) is 3.20. The van der Waals surface area contributed by atoms with Gasteiger partial charge in [0.05, 0.1) is 12.7 Å². The van der Waals surface area contributed by atoms with Crippen LogP contribution in [0.4, 0.5) is 0 Å². The molecule has 0 unspecified atom stereocenters. The minimum Gasteiger partial charge on any atom is -0.493 e. The van der Waals surface area contributed by atoms with E-state index in [1.54, 1.807) is 44.4 Å². The number of ether oxygens (including phenoxy) is 2. The van der Waals surface area contributed by atoms with Gasteiger partial charge in [-0.15, -0.1) is 0 Å². The molecule has 0 bridgehead atoms. The van der Waals surface area contributed by atoms with Crippen LogP contribution in [0.2, 0.25) is 5.02 Å². The summed E-state index contributed by atoms with van der Waals surface area (Å²) >= 11 is 5.84. The van der Waals surface area contributed by atoms with Crippen molar-refractivity contribution in [3.63, 3.8) is 0 Å². The Morgan fingerprint density at radius 3 is 2.50 bits per heavy atom. The standard InChI is InChI=1S/C19H18ClNO3/c1-21(2)19(22)16-7-4-8-17(23-3)18(16)24-13-5-6-14-9-11-15(20)12-10-14/h4,7-12H,13H2,1-3H3. The summed E-state index contributed by atoms with van der Waals surface area (Å²) in [5.74, 6) is 6.63. The van der Waals surface area contributed by atoms with E-state index in [-0.39, 0.29) is 12.5 Å². The molecular weight excluding hydrogens is 326 g/mol. The van der Waals surface area contributed by atoms with Crippen LogP contribution in [0.15, 0.2) is 42.5 Å². The zero-order valence-corrected chi connectivity index (χ0v) is 14.6. The molecule has 0 saturated carbocycles. The molecule has 0 spiro atoms. The van der Waals surface area contributed by atoms with Gasteiger partial charge in [0, 0.05) is 24.7 Å². The second kappa shape index (κ2) is 8.28. The fourth-order valence-corrected chi connectivity index (χ4v) is 2.14. The van der Waals surface area contributed by atoms with Crippen LogP contribution in [0.25, 0.3) is 0 Å². The molecule has 0 fully saturated rings. The highest BCUT2D eigenvalue weighted by atomic mass is 35.5. The Bertz CT molecular complexity index is 773. The van der Waals surface area contributed by atoms with Gasteiger partial charge < -0.3 is 14.4 Å². The molecule has 1 amide bonds. The molecule has 4 nitrogen and oxygen atoms in total. The highest BCUT2D eigenvalue weighted by molar-refractivity contribution is 6.30. The van der Waals surface area contributed by atoms with E-state index in [4.69, 9.17) is 21.1 Å². The average Bonchev–Trinajstić information content (AvgIpc) is 2.59. The summed E-state index contributed by atoms with van der Waals surface area (Å²) in [7, 11) is 4.91. The fraction of sp³-hybridized carbons (Fsp3) is 0.211.